The number of methoxy groups -OCH3 is 2. The molecule has 0 bridgehead atoms. The minimum Gasteiger partial charge on any atom is -0.497 e. The van der Waals surface area contributed by atoms with E-state index in [4.69, 9.17) is 9.47 Å². The molecule has 0 aromatic heterocycles. The molecule has 1 atom stereocenters. The van der Waals surface area contributed by atoms with E-state index in [0.717, 1.165) is 21.7 Å². The highest BCUT2D eigenvalue weighted by Gasteiger charge is 2.29. The smallest absolute Gasteiger partial charge is 0.262 e. The quantitative estimate of drug-likeness (QED) is 0.384. The van der Waals surface area contributed by atoms with Crippen LogP contribution in [-0.4, -0.2) is 49.3 Å². The molecule has 3 rings (SSSR count). The second-order valence-corrected chi connectivity index (χ2v) is 12.2. The van der Waals surface area contributed by atoms with E-state index in [9.17, 15) is 21.6 Å². The molecule has 0 heterocycles. The van der Waals surface area contributed by atoms with Gasteiger partial charge in [-0.25, -0.2) is 16.8 Å². The summed E-state index contributed by atoms with van der Waals surface area (Å²) in [6.45, 7) is 5.25. The zero-order valence-corrected chi connectivity index (χ0v) is 23.6. The molecular formula is C26H31N3O7S2. The van der Waals surface area contributed by atoms with E-state index in [1.807, 2.05) is 13.8 Å². The van der Waals surface area contributed by atoms with E-state index in [2.05, 4.69) is 10.0 Å². The standard InChI is InChI=1S/C26H31N3O7S2/c1-17-7-10-21(15-18(17)2)29(37(6,31)32)19(3)26(30)27-20-8-12-23(13-9-20)38(33,34)28-24-16-22(35-4)11-14-25(24)36-5/h7-16,19,28H,1-6H3,(H,27,30)/t19-/m0/s1. The van der Waals surface area contributed by atoms with E-state index in [0.29, 0.717) is 22.9 Å². The van der Waals surface area contributed by atoms with Gasteiger partial charge in [-0.05, 0) is 80.4 Å². The van der Waals surface area contributed by atoms with Crippen LogP contribution in [0.15, 0.2) is 65.6 Å². The number of anilines is 3. The molecule has 0 radical (unpaired) electrons. The number of hydrogen-bond donors (Lipinski definition) is 2. The van der Waals surface area contributed by atoms with E-state index in [1.54, 1.807) is 30.3 Å². The van der Waals surface area contributed by atoms with Crippen LogP contribution < -0.4 is 23.8 Å². The summed E-state index contributed by atoms with van der Waals surface area (Å²) in [5.41, 5.74) is 2.76. The first-order valence-corrected chi connectivity index (χ1v) is 14.8. The molecule has 0 aliphatic rings. The first kappa shape index (κ1) is 28.8. The zero-order valence-electron chi connectivity index (χ0n) is 22.0. The Morgan fingerprint density at radius 2 is 1.53 bits per heavy atom. The predicted molar refractivity (Wildman–Crippen MR) is 148 cm³/mol. The average molecular weight is 562 g/mol. The van der Waals surface area contributed by atoms with Crippen LogP contribution >= 0.6 is 0 Å². The number of carbonyl (C=O) groups is 1. The van der Waals surface area contributed by atoms with Crippen LogP contribution in [0.2, 0.25) is 0 Å². The molecule has 0 saturated carbocycles. The van der Waals surface area contributed by atoms with Crippen LogP contribution in [0.1, 0.15) is 18.1 Å². The first-order valence-electron chi connectivity index (χ1n) is 11.5. The molecule has 3 aromatic carbocycles. The third kappa shape index (κ3) is 6.56. The summed E-state index contributed by atoms with van der Waals surface area (Å²) in [5.74, 6) is 0.176. The number of rotatable bonds is 10. The van der Waals surface area contributed by atoms with Gasteiger partial charge in [0.1, 0.15) is 17.5 Å². The Kier molecular flexibility index (Phi) is 8.58. The van der Waals surface area contributed by atoms with E-state index in [-0.39, 0.29) is 10.6 Å². The lowest BCUT2D eigenvalue weighted by Gasteiger charge is -2.28. The van der Waals surface area contributed by atoms with Crippen molar-refractivity contribution in [1.82, 2.24) is 0 Å². The number of nitrogens with zero attached hydrogens (tertiary/aromatic N) is 1. The van der Waals surface area contributed by atoms with Gasteiger partial charge in [-0.1, -0.05) is 6.07 Å². The number of ether oxygens (including phenoxy) is 2. The van der Waals surface area contributed by atoms with Crippen LogP contribution in [0, 0.1) is 13.8 Å². The average Bonchev–Trinajstić information content (AvgIpc) is 2.85. The highest BCUT2D eigenvalue weighted by atomic mass is 32.2. The Labute approximate surface area is 223 Å². The lowest BCUT2D eigenvalue weighted by Crippen LogP contribution is -2.45. The van der Waals surface area contributed by atoms with Crippen molar-refractivity contribution in [2.45, 2.75) is 31.7 Å². The Morgan fingerprint density at radius 3 is 2.08 bits per heavy atom. The summed E-state index contributed by atoms with van der Waals surface area (Å²) in [4.78, 5) is 13.0. The molecule has 0 saturated heterocycles. The van der Waals surface area contributed by atoms with Crippen molar-refractivity contribution in [3.8, 4) is 11.5 Å². The second kappa shape index (κ2) is 11.3. The van der Waals surface area contributed by atoms with Crippen molar-refractivity contribution < 1.29 is 31.1 Å². The summed E-state index contributed by atoms with van der Waals surface area (Å²) in [5, 5.41) is 2.65. The third-order valence-electron chi connectivity index (χ3n) is 5.92. The Bertz CT molecular complexity index is 1540. The van der Waals surface area contributed by atoms with Gasteiger partial charge >= 0.3 is 0 Å². The van der Waals surface area contributed by atoms with Crippen LogP contribution in [-0.2, 0) is 24.8 Å². The molecule has 204 valence electrons. The molecule has 0 fully saturated rings. The third-order valence-corrected chi connectivity index (χ3v) is 8.54. The number of benzene rings is 3. The number of nitrogens with one attached hydrogen (secondary N) is 2. The van der Waals surface area contributed by atoms with Gasteiger partial charge in [-0.15, -0.1) is 0 Å². The first-order chi connectivity index (χ1) is 17.8. The fourth-order valence-corrected chi connectivity index (χ4v) is 5.96. The maximum atomic E-state index is 13.0. The van der Waals surface area contributed by atoms with E-state index >= 15 is 0 Å². The van der Waals surface area contributed by atoms with Gasteiger partial charge < -0.3 is 14.8 Å². The molecule has 1 amide bonds. The molecule has 0 aliphatic heterocycles. The molecule has 10 nitrogen and oxygen atoms in total. The topological polar surface area (TPSA) is 131 Å². The van der Waals surface area contributed by atoms with Gasteiger partial charge in [0.2, 0.25) is 15.9 Å². The molecular weight excluding hydrogens is 530 g/mol. The highest BCUT2D eigenvalue weighted by molar-refractivity contribution is 7.92. The van der Waals surface area contributed by atoms with Gasteiger partial charge in [0.15, 0.2) is 0 Å². The van der Waals surface area contributed by atoms with Crippen molar-refractivity contribution in [3.05, 3.63) is 71.8 Å². The summed E-state index contributed by atoms with van der Waals surface area (Å²) in [6, 6.07) is 14.3. The maximum absolute atomic E-state index is 13.0. The lowest BCUT2D eigenvalue weighted by atomic mass is 10.1. The Hall–Kier alpha value is -3.77. The molecule has 3 aromatic rings. The molecule has 0 unspecified atom stereocenters. The Morgan fingerprint density at radius 1 is 0.868 bits per heavy atom. The van der Waals surface area contributed by atoms with Crippen LogP contribution in [0.3, 0.4) is 0 Å². The fraction of sp³-hybridized carbons (Fsp3) is 0.269. The molecule has 0 aliphatic carbocycles. The fourth-order valence-electron chi connectivity index (χ4n) is 3.73. The lowest BCUT2D eigenvalue weighted by molar-refractivity contribution is -0.116. The minimum absolute atomic E-state index is 0.0543. The number of sulfonamides is 2. The van der Waals surface area contributed by atoms with E-state index in [1.165, 1.54) is 51.5 Å². The van der Waals surface area contributed by atoms with E-state index < -0.39 is 32.0 Å². The van der Waals surface area contributed by atoms with Crippen molar-refractivity contribution in [3.63, 3.8) is 0 Å². The second-order valence-electron chi connectivity index (χ2n) is 8.69. The monoisotopic (exact) mass is 561 g/mol. The summed E-state index contributed by atoms with van der Waals surface area (Å²) in [7, 11) is -4.90. The van der Waals surface area contributed by atoms with Crippen molar-refractivity contribution in [2.75, 3.05) is 34.8 Å². The van der Waals surface area contributed by atoms with Gasteiger partial charge in [-0.2, -0.15) is 0 Å². The maximum Gasteiger partial charge on any atom is 0.262 e. The largest absolute Gasteiger partial charge is 0.497 e. The number of amides is 1. The Balaban J connectivity index is 1.80. The van der Waals surface area contributed by atoms with Crippen LogP contribution in [0.5, 0.6) is 11.5 Å². The van der Waals surface area contributed by atoms with Crippen LogP contribution in [0.4, 0.5) is 17.1 Å². The van der Waals surface area contributed by atoms with Crippen LogP contribution in [0.25, 0.3) is 0 Å². The molecule has 12 heteroatoms. The zero-order chi connectivity index (χ0) is 28.3. The normalized spacial score (nSPS) is 12.4. The highest BCUT2D eigenvalue weighted by Crippen LogP contribution is 2.31. The van der Waals surface area contributed by atoms with Gasteiger partial charge in [-0.3, -0.25) is 13.8 Å². The van der Waals surface area contributed by atoms with Crippen molar-refractivity contribution in [2.24, 2.45) is 0 Å². The molecule has 0 spiro atoms. The van der Waals surface area contributed by atoms with Gasteiger partial charge in [0.05, 0.1) is 36.7 Å². The summed E-state index contributed by atoms with van der Waals surface area (Å²) < 4.78 is 64.9. The molecule has 2 N–H and O–H groups in total. The number of aryl methyl sites for hydroxylation is 2. The predicted octanol–water partition coefficient (Wildman–Crippen LogP) is 3.91. The van der Waals surface area contributed by atoms with Crippen molar-refractivity contribution >= 4 is 43.0 Å². The van der Waals surface area contributed by atoms with Gasteiger partial charge in [0, 0.05) is 11.8 Å². The van der Waals surface area contributed by atoms with Gasteiger partial charge in [0.25, 0.3) is 10.0 Å². The molecule has 38 heavy (non-hydrogen) atoms. The van der Waals surface area contributed by atoms with Crippen molar-refractivity contribution in [1.29, 1.82) is 0 Å². The summed E-state index contributed by atoms with van der Waals surface area (Å²) in [6.07, 6.45) is 1.04. The SMILES string of the molecule is COc1ccc(OC)c(NS(=O)(=O)c2ccc(NC(=O)[C@H](C)N(c3ccc(C)c(C)c3)S(C)(=O)=O)cc2)c1. The summed E-state index contributed by atoms with van der Waals surface area (Å²) >= 11 is 0. The minimum atomic E-state index is -3.99. The number of carbonyl (C=O) groups excluding carboxylic acids is 1. The number of hydrogen-bond acceptors (Lipinski definition) is 7.